The van der Waals surface area contributed by atoms with Crippen LogP contribution in [0.1, 0.15) is 12.8 Å². The smallest absolute Gasteiger partial charge is 0.407 e. The largest absolute Gasteiger partial charge is 0.465 e. The predicted octanol–water partition coefficient (Wildman–Crippen LogP) is 1.74. The number of amides is 2. The molecule has 7 heteroatoms. The highest BCUT2D eigenvalue weighted by molar-refractivity contribution is 5.95. The van der Waals surface area contributed by atoms with E-state index in [-0.39, 0.29) is 18.1 Å². The Morgan fingerprint density at radius 1 is 1.45 bits per heavy atom. The minimum atomic E-state index is -1.02. The molecule has 1 atom stereocenters. The van der Waals surface area contributed by atoms with Gasteiger partial charge in [0.2, 0.25) is 5.91 Å². The van der Waals surface area contributed by atoms with Crippen LogP contribution in [0.4, 0.5) is 20.6 Å². The molecular formula is C13H16FN3O3. The second-order valence-corrected chi connectivity index (χ2v) is 4.79. The lowest BCUT2D eigenvalue weighted by Crippen LogP contribution is -2.43. The van der Waals surface area contributed by atoms with Crippen molar-refractivity contribution in [3.05, 3.63) is 24.0 Å². The van der Waals surface area contributed by atoms with E-state index in [4.69, 9.17) is 10.8 Å². The van der Waals surface area contributed by atoms with Crippen LogP contribution in [-0.4, -0.2) is 35.1 Å². The van der Waals surface area contributed by atoms with Crippen molar-refractivity contribution in [2.45, 2.75) is 12.8 Å². The lowest BCUT2D eigenvalue weighted by Gasteiger charge is -2.29. The summed E-state index contributed by atoms with van der Waals surface area (Å²) in [7, 11) is 0. The Bertz CT molecular complexity index is 536. The van der Waals surface area contributed by atoms with E-state index in [9.17, 15) is 14.0 Å². The van der Waals surface area contributed by atoms with Gasteiger partial charge in [-0.3, -0.25) is 4.79 Å². The lowest BCUT2D eigenvalue weighted by atomic mass is 9.97. The molecule has 0 aromatic heterocycles. The van der Waals surface area contributed by atoms with Gasteiger partial charge in [0.1, 0.15) is 5.82 Å². The third-order valence-corrected chi connectivity index (χ3v) is 3.33. The standard InChI is InChI=1S/C13H16FN3O3/c14-9-3-4-11(10(15)6-9)16-12(18)8-2-1-5-17(7-8)13(19)20/h3-4,6,8H,1-2,5,7,15H2,(H,16,18)(H,19,20). The number of nitrogens with one attached hydrogen (secondary N) is 1. The van der Waals surface area contributed by atoms with Crippen LogP contribution in [0.2, 0.25) is 0 Å². The molecule has 1 aliphatic rings. The Labute approximate surface area is 115 Å². The van der Waals surface area contributed by atoms with E-state index >= 15 is 0 Å². The van der Waals surface area contributed by atoms with Crippen molar-refractivity contribution in [2.75, 3.05) is 24.1 Å². The fraction of sp³-hybridized carbons (Fsp3) is 0.385. The van der Waals surface area contributed by atoms with Gasteiger partial charge in [-0.1, -0.05) is 0 Å². The first-order valence-electron chi connectivity index (χ1n) is 6.31. The SMILES string of the molecule is Nc1cc(F)ccc1NC(=O)C1CCCN(C(=O)O)C1. The van der Waals surface area contributed by atoms with Gasteiger partial charge in [0.05, 0.1) is 17.3 Å². The summed E-state index contributed by atoms with van der Waals surface area (Å²) in [5, 5.41) is 11.6. The number of carboxylic acid groups (broad SMARTS) is 1. The molecule has 0 aliphatic carbocycles. The van der Waals surface area contributed by atoms with Gasteiger partial charge < -0.3 is 21.1 Å². The fourth-order valence-corrected chi connectivity index (χ4v) is 2.25. The summed E-state index contributed by atoms with van der Waals surface area (Å²) < 4.78 is 12.9. The van der Waals surface area contributed by atoms with E-state index in [1.165, 1.54) is 17.0 Å². The van der Waals surface area contributed by atoms with Crippen molar-refractivity contribution in [2.24, 2.45) is 5.92 Å². The first-order valence-corrected chi connectivity index (χ1v) is 6.31. The molecule has 1 aromatic rings. The van der Waals surface area contributed by atoms with Gasteiger partial charge in [-0.05, 0) is 31.0 Å². The van der Waals surface area contributed by atoms with Crippen LogP contribution in [0.25, 0.3) is 0 Å². The minimum absolute atomic E-state index is 0.143. The topological polar surface area (TPSA) is 95.7 Å². The monoisotopic (exact) mass is 281 g/mol. The third-order valence-electron chi connectivity index (χ3n) is 3.33. The molecule has 0 saturated carbocycles. The van der Waals surface area contributed by atoms with Gasteiger partial charge in [0, 0.05) is 13.1 Å². The molecule has 0 radical (unpaired) electrons. The van der Waals surface area contributed by atoms with Gasteiger partial charge in [0.15, 0.2) is 0 Å². The second kappa shape index (κ2) is 5.77. The van der Waals surface area contributed by atoms with Crippen LogP contribution in [0.3, 0.4) is 0 Å². The van der Waals surface area contributed by atoms with Crippen LogP contribution in [0.15, 0.2) is 18.2 Å². The quantitative estimate of drug-likeness (QED) is 0.719. The number of hydrogen-bond donors (Lipinski definition) is 3. The van der Waals surface area contributed by atoms with Crippen LogP contribution in [0, 0.1) is 11.7 Å². The zero-order valence-electron chi connectivity index (χ0n) is 10.8. The summed E-state index contributed by atoms with van der Waals surface area (Å²) in [5.41, 5.74) is 6.10. The van der Waals surface area contributed by atoms with E-state index in [1.807, 2.05) is 0 Å². The number of nitrogens with two attached hydrogens (primary N) is 1. The number of rotatable bonds is 2. The number of carbonyl (C=O) groups excluding carboxylic acids is 1. The van der Waals surface area contributed by atoms with Crippen molar-refractivity contribution in [1.82, 2.24) is 4.90 Å². The van der Waals surface area contributed by atoms with Crippen LogP contribution in [0.5, 0.6) is 0 Å². The highest BCUT2D eigenvalue weighted by atomic mass is 19.1. The molecule has 0 bridgehead atoms. The maximum atomic E-state index is 12.9. The summed E-state index contributed by atoms with van der Waals surface area (Å²) in [6.45, 7) is 0.611. The van der Waals surface area contributed by atoms with Crippen LogP contribution in [-0.2, 0) is 4.79 Å². The predicted molar refractivity (Wildman–Crippen MR) is 71.8 cm³/mol. The summed E-state index contributed by atoms with van der Waals surface area (Å²) in [6, 6.07) is 3.72. The van der Waals surface area contributed by atoms with Crippen LogP contribution >= 0.6 is 0 Å². The lowest BCUT2D eigenvalue weighted by molar-refractivity contribution is -0.121. The van der Waals surface area contributed by atoms with Gasteiger partial charge in [-0.25, -0.2) is 9.18 Å². The van der Waals surface area contributed by atoms with Gasteiger partial charge in [-0.2, -0.15) is 0 Å². The summed E-state index contributed by atoms with van der Waals surface area (Å²) in [6.07, 6.45) is 0.240. The number of benzene rings is 1. The Morgan fingerprint density at radius 2 is 2.20 bits per heavy atom. The highest BCUT2D eigenvalue weighted by Gasteiger charge is 2.28. The maximum absolute atomic E-state index is 12.9. The number of carbonyl (C=O) groups is 2. The Hall–Kier alpha value is -2.31. The van der Waals surface area contributed by atoms with Crippen molar-refractivity contribution < 1.29 is 19.1 Å². The Morgan fingerprint density at radius 3 is 2.85 bits per heavy atom. The molecule has 1 fully saturated rings. The number of halogens is 1. The molecule has 20 heavy (non-hydrogen) atoms. The summed E-state index contributed by atoms with van der Waals surface area (Å²) >= 11 is 0. The minimum Gasteiger partial charge on any atom is -0.465 e. The molecule has 6 nitrogen and oxygen atoms in total. The molecule has 108 valence electrons. The number of likely N-dealkylation sites (tertiary alicyclic amines) is 1. The molecule has 2 amide bonds. The third kappa shape index (κ3) is 3.17. The van der Waals surface area contributed by atoms with E-state index in [1.54, 1.807) is 0 Å². The van der Waals surface area contributed by atoms with Gasteiger partial charge in [-0.15, -0.1) is 0 Å². The zero-order chi connectivity index (χ0) is 14.7. The number of nitrogens with zero attached hydrogens (tertiary/aromatic N) is 1. The summed E-state index contributed by atoms with van der Waals surface area (Å²) in [4.78, 5) is 24.2. The molecule has 0 spiro atoms. The number of nitrogen functional groups attached to an aromatic ring is 1. The first-order chi connectivity index (χ1) is 9.47. The zero-order valence-corrected chi connectivity index (χ0v) is 10.8. The normalized spacial score (nSPS) is 18.6. The van der Waals surface area contributed by atoms with E-state index in [0.717, 1.165) is 6.07 Å². The number of hydrogen-bond acceptors (Lipinski definition) is 3. The average Bonchev–Trinajstić information content (AvgIpc) is 2.42. The molecule has 4 N–H and O–H groups in total. The maximum Gasteiger partial charge on any atom is 0.407 e. The Balaban J connectivity index is 2.02. The van der Waals surface area contributed by atoms with Crippen molar-refractivity contribution >= 4 is 23.4 Å². The Kier molecular flexibility index (Phi) is 4.07. The molecule has 1 unspecified atom stereocenters. The van der Waals surface area contributed by atoms with E-state index in [0.29, 0.717) is 25.1 Å². The van der Waals surface area contributed by atoms with Crippen molar-refractivity contribution in [1.29, 1.82) is 0 Å². The summed E-state index contributed by atoms with van der Waals surface area (Å²) in [5.74, 6) is -1.19. The molecule has 1 aliphatic heterocycles. The molecule has 1 saturated heterocycles. The van der Waals surface area contributed by atoms with Crippen molar-refractivity contribution in [3.8, 4) is 0 Å². The fourth-order valence-electron chi connectivity index (χ4n) is 2.25. The average molecular weight is 281 g/mol. The van der Waals surface area contributed by atoms with Gasteiger partial charge in [0.25, 0.3) is 0 Å². The van der Waals surface area contributed by atoms with E-state index in [2.05, 4.69) is 5.32 Å². The van der Waals surface area contributed by atoms with Gasteiger partial charge >= 0.3 is 6.09 Å². The molecule has 1 heterocycles. The number of piperidine rings is 1. The second-order valence-electron chi connectivity index (χ2n) is 4.79. The molecule has 1 aromatic carbocycles. The van der Waals surface area contributed by atoms with Crippen LogP contribution < -0.4 is 11.1 Å². The molecular weight excluding hydrogens is 265 g/mol. The van der Waals surface area contributed by atoms with E-state index < -0.39 is 17.8 Å². The first kappa shape index (κ1) is 14.1. The van der Waals surface area contributed by atoms with Crippen molar-refractivity contribution in [3.63, 3.8) is 0 Å². The molecule has 2 rings (SSSR count). The highest BCUT2D eigenvalue weighted by Crippen LogP contribution is 2.22. The number of anilines is 2.